The van der Waals surface area contributed by atoms with Gasteiger partial charge in [0.05, 0.1) is 16.8 Å². The first-order chi connectivity index (χ1) is 17.9. The normalized spacial score (nSPS) is 22.6. The maximum absolute atomic E-state index is 15.2. The van der Waals surface area contributed by atoms with Crippen LogP contribution in [0.4, 0.5) is 10.1 Å². The number of nitrogens with one attached hydrogen (secondary N) is 2. The van der Waals surface area contributed by atoms with Gasteiger partial charge in [-0.2, -0.15) is 0 Å². The van der Waals surface area contributed by atoms with E-state index in [0.717, 1.165) is 75.5 Å². The molecule has 3 amide bonds. The zero-order valence-electron chi connectivity index (χ0n) is 21.4. The Balaban J connectivity index is 1.24. The molecule has 1 unspecified atom stereocenters. The number of carbonyl (C=O) groups excluding carboxylic acids is 4. The number of hydrogen-bond acceptors (Lipinski definition) is 7. The largest absolute Gasteiger partial charge is 0.368 e. The van der Waals surface area contributed by atoms with Crippen LogP contribution in [0.5, 0.6) is 0 Å². The maximum Gasteiger partial charge on any atom is 0.262 e. The first-order valence-corrected chi connectivity index (χ1v) is 13.4. The Morgan fingerprint density at radius 1 is 1.16 bits per heavy atom. The molecule has 1 atom stereocenters. The van der Waals surface area contributed by atoms with E-state index in [0.29, 0.717) is 12.0 Å². The number of likely N-dealkylation sites (N-methyl/N-ethyl adjacent to an activating group) is 1. The van der Waals surface area contributed by atoms with Crippen LogP contribution in [0.15, 0.2) is 12.1 Å². The van der Waals surface area contributed by atoms with Gasteiger partial charge in [-0.1, -0.05) is 0 Å². The molecule has 0 radical (unpaired) electrons. The molecule has 4 heterocycles. The number of carbonyl (C=O) groups is 4. The van der Waals surface area contributed by atoms with Crippen molar-refractivity contribution in [3.05, 3.63) is 29.1 Å². The molecule has 4 aliphatic heterocycles. The van der Waals surface area contributed by atoms with Gasteiger partial charge in [-0.3, -0.25) is 19.3 Å². The van der Waals surface area contributed by atoms with Crippen LogP contribution in [0, 0.1) is 17.2 Å². The van der Waals surface area contributed by atoms with Gasteiger partial charge < -0.3 is 25.2 Å². The van der Waals surface area contributed by atoms with Crippen molar-refractivity contribution >= 4 is 29.7 Å². The number of anilines is 1. The predicted octanol–water partition coefficient (Wildman–Crippen LogP) is 1.42. The van der Waals surface area contributed by atoms with E-state index in [-0.39, 0.29) is 29.4 Å². The molecule has 3 saturated heterocycles. The lowest BCUT2D eigenvalue weighted by atomic mass is 9.71. The van der Waals surface area contributed by atoms with Gasteiger partial charge >= 0.3 is 0 Å². The van der Waals surface area contributed by atoms with Gasteiger partial charge in [-0.25, -0.2) is 4.39 Å². The van der Waals surface area contributed by atoms with E-state index in [9.17, 15) is 19.2 Å². The van der Waals surface area contributed by atoms with Crippen molar-refractivity contribution in [2.45, 2.75) is 44.6 Å². The van der Waals surface area contributed by atoms with E-state index in [1.54, 1.807) is 0 Å². The zero-order valence-corrected chi connectivity index (χ0v) is 21.4. The molecule has 0 aromatic heterocycles. The van der Waals surface area contributed by atoms with E-state index in [4.69, 9.17) is 0 Å². The number of likely N-dealkylation sites (tertiary alicyclic amines) is 1. The SMILES string of the molecule is CNC(=O)C(CCC=O)N1C(=O)c2cc(F)c(N3CC4(CCN(CC5CCNCC5)CC4)C3)cc2C1=O. The quantitative estimate of drug-likeness (QED) is 0.400. The fourth-order valence-electron chi connectivity index (χ4n) is 6.45. The number of imide groups is 1. The summed E-state index contributed by atoms with van der Waals surface area (Å²) < 4.78 is 15.2. The fourth-order valence-corrected chi connectivity index (χ4v) is 6.45. The van der Waals surface area contributed by atoms with Gasteiger partial charge in [0, 0.05) is 38.5 Å². The Bertz CT molecular complexity index is 1070. The summed E-state index contributed by atoms with van der Waals surface area (Å²) >= 11 is 0. The number of halogens is 1. The number of piperidine rings is 2. The van der Waals surface area contributed by atoms with Crippen molar-refractivity contribution in [3.63, 3.8) is 0 Å². The fraction of sp³-hybridized carbons (Fsp3) is 0.630. The minimum absolute atomic E-state index is 0.0211. The molecule has 1 spiro atoms. The Kier molecular flexibility index (Phi) is 7.31. The minimum Gasteiger partial charge on any atom is -0.368 e. The second-order valence-electron chi connectivity index (χ2n) is 11.1. The first-order valence-electron chi connectivity index (χ1n) is 13.4. The molecule has 10 heteroatoms. The highest BCUT2D eigenvalue weighted by molar-refractivity contribution is 6.23. The van der Waals surface area contributed by atoms with Gasteiger partial charge in [0.15, 0.2) is 0 Å². The van der Waals surface area contributed by atoms with Crippen LogP contribution in [0.1, 0.15) is 59.2 Å². The van der Waals surface area contributed by atoms with Crippen molar-refractivity contribution in [1.29, 1.82) is 0 Å². The maximum atomic E-state index is 15.2. The summed E-state index contributed by atoms with van der Waals surface area (Å²) in [4.78, 5) is 54.9. The minimum atomic E-state index is -1.11. The van der Waals surface area contributed by atoms with Crippen LogP contribution in [-0.4, -0.2) is 92.7 Å². The summed E-state index contributed by atoms with van der Waals surface area (Å²) in [5.74, 6) is -1.62. The molecule has 0 saturated carbocycles. The Hall–Kier alpha value is -2.85. The highest BCUT2D eigenvalue weighted by atomic mass is 19.1. The summed E-state index contributed by atoms with van der Waals surface area (Å²) in [6.45, 7) is 6.98. The van der Waals surface area contributed by atoms with Crippen LogP contribution in [-0.2, 0) is 9.59 Å². The van der Waals surface area contributed by atoms with Gasteiger partial charge in [0.2, 0.25) is 5.91 Å². The predicted molar refractivity (Wildman–Crippen MR) is 136 cm³/mol. The average molecular weight is 514 g/mol. The molecule has 1 aromatic carbocycles. The van der Waals surface area contributed by atoms with E-state index in [1.165, 1.54) is 26.0 Å². The third-order valence-corrected chi connectivity index (χ3v) is 8.69. The van der Waals surface area contributed by atoms with E-state index in [2.05, 4.69) is 15.5 Å². The molecule has 9 nitrogen and oxygen atoms in total. The number of aldehydes is 1. The number of rotatable bonds is 8. The van der Waals surface area contributed by atoms with Gasteiger partial charge in [-0.05, 0) is 76.3 Å². The van der Waals surface area contributed by atoms with Gasteiger partial charge in [0.25, 0.3) is 11.8 Å². The third-order valence-electron chi connectivity index (χ3n) is 8.69. The lowest BCUT2D eigenvalue weighted by molar-refractivity contribution is -0.124. The van der Waals surface area contributed by atoms with Crippen molar-refractivity contribution in [2.75, 3.05) is 57.8 Å². The van der Waals surface area contributed by atoms with Crippen molar-refractivity contribution in [1.82, 2.24) is 20.4 Å². The lowest BCUT2D eigenvalue weighted by Gasteiger charge is -2.55. The van der Waals surface area contributed by atoms with Crippen LogP contribution < -0.4 is 15.5 Å². The summed E-state index contributed by atoms with van der Waals surface area (Å²) in [7, 11) is 1.41. The monoisotopic (exact) mass is 513 g/mol. The summed E-state index contributed by atoms with van der Waals surface area (Å²) in [6, 6.07) is 1.47. The van der Waals surface area contributed by atoms with Gasteiger partial charge in [0.1, 0.15) is 18.1 Å². The van der Waals surface area contributed by atoms with Crippen molar-refractivity contribution in [3.8, 4) is 0 Å². The molecule has 3 fully saturated rings. The molecular formula is C27H36FN5O4. The summed E-state index contributed by atoms with van der Waals surface area (Å²) in [6.07, 6.45) is 5.33. The smallest absolute Gasteiger partial charge is 0.262 e. The first kappa shape index (κ1) is 25.8. The molecule has 37 heavy (non-hydrogen) atoms. The topological polar surface area (TPSA) is 102 Å². The van der Waals surface area contributed by atoms with Crippen LogP contribution in [0.3, 0.4) is 0 Å². The zero-order chi connectivity index (χ0) is 26.2. The van der Waals surface area contributed by atoms with Crippen LogP contribution >= 0.6 is 0 Å². The average Bonchev–Trinajstić information content (AvgIpc) is 3.12. The molecule has 1 aromatic rings. The molecule has 2 N–H and O–H groups in total. The number of fused-ring (bicyclic) bond motifs is 1. The molecule has 5 rings (SSSR count). The highest BCUT2D eigenvalue weighted by Crippen LogP contribution is 2.44. The van der Waals surface area contributed by atoms with Crippen LogP contribution in [0.25, 0.3) is 0 Å². The summed E-state index contributed by atoms with van der Waals surface area (Å²) in [5, 5.41) is 5.87. The molecular weight excluding hydrogens is 477 g/mol. The molecule has 200 valence electrons. The van der Waals surface area contributed by atoms with E-state index in [1.807, 2.05) is 4.90 Å². The Morgan fingerprint density at radius 3 is 2.43 bits per heavy atom. The second-order valence-corrected chi connectivity index (χ2v) is 11.1. The van der Waals surface area contributed by atoms with Gasteiger partial charge in [-0.15, -0.1) is 0 Å². The number of amides is 3. The highest BCUT2D eigenvalue weighted by Gasteiger charge is 2.47. The third kappa shape index (κ3) is 4.88. The van der Waals surface area contributed by atoms with E-state index < -0.39 is 29.6 Å². The molecule has 0 bridgehead atoms. The number of benzene rings is 1. The number of nitrogens with zero attached hydrogens (tertiary/aromatic N) is 3. The second kappa shape index (κ2) is 10.5. The Labute approximate surface area is 216 Å². The molecule has 0 aliphatic carbocycles. The number of hydrogen-bond donors (Lipinski definition) is 2. The Morgan fingerprint density at radius 2 is 1.81 bits per heavy atom. The van der Waals surface area contributed by atoms with Crippen molar-refractivity contribution < 1.29 is 23.6 Å². The van der Waals surface area contributed by atoms with Crippen LogP contribution in [0.2, 0.25) is 0 Å². The van der Waals surface area contributed by atoms with E-state index >= 15 is 4.39 Å². The molecule has 4 aliphatic rings. The lowest BCUT2D eigenvalue weighted by Crippen LogP contribution is -2.61. The van der Waals surface area contributed by atoms with Crippen molar-refractivity contribution in [2.24, 2.45) is 11.3 Å². The summed E-state index contributed by atoms with van der Waals surface area (Å²) in [5.41, 5.74) is 0.571. The standard InChI is InChI=1S/C27H36FN5O4/c1-29-24(35)22(3-2-12-34)33-25(36)19-13-21(28)23(14-20(19)26(33)37)32-16-27(17-32)6-10-31(11-7-27)15-18-4-8-30-9-5-18/h12-14,18,22,30H,2-11,15-17H2,1H3,(H,29,35).